The lowest BCUT2D eigenvalue weighted by molar-refractivity contribution is -0.153. The average Bonchev–Trinajstić information content (AvgIpc) is 3.15. The lowest BCUT2D eigenvalue weighted by Crippen LogP contribution is -2.37. The molecule has 0 aliphatic heterocycles. The molecule has 27 heavy (non-hydrogen) atoms. The number of hydrogen-bond donors (Lipinski definition) is 2. The molecule has 1 aromatic heterocycles. The number of alkyl halides is 3. The van der Waals surface area contributed by atoms with Gasteiger partial charge in [-0.2, -0.15) is 13.2 Å². The van der Waals surface area contributed by atoms with Gasteiger partial charge in [-0.1, -0.05) is 6.07 Å². The number of rotatable bonds is 8. The fraction of sp³-hybridized carbons (Fsp3) is 0.389. The largest absolute Gasteiger partial charge is 0.493 e. The lowest BCUT2D eigenvalue weighted by atomic mass is 10.2. The van der Waals surface area contributed by atoms with E-state index in [2.05, 4.69) is 15.6 Å². The Morgan fingerprint density at radius 2 is 2.00 bits per heavy atom. The zero-order valence-electron chi connectivity index (χ0n) is 15.1. The fourth-order valence-corrected chi connectivity index (χ4v) is 2.27. The molecule has 0 radical (unpaired) electrons. The molecule has 0 aliphatic carbocycles. The summed E-state index contributed by atoms with van der Waals surface area (Å²) in [6.07, 6.45) is -2.07. The first-order valence-corrected chi connectivity index (χ1v) is 8.24. The van der Waals surface area contributed by atoms with E-state index < -0.39 is 12.8 Å². The molecule has 1 heterocycles. The van der Waals surface area contributed by atoms with Gasteiger partial charge < -0.3 is 24.5 Å². The quantitative estimate of drug-likeness (QED) is 0.540. The van der Waals surface area contributed by atoms with E-state index in [1.54, 1.807) is 25.4 Å². The third-order valence-electron chi connectivity index (χ3n) is 3.55. The van der Waals surface area contributed by atoms with Crippen LogP contribution in [-0.4, -0.2) is 39.4 Å². The molecule has 0 spiro atoms. The predicted molar refractivity (Wildman–Crippen MR) is 95.2 cm³/mol. The Morgan fingerprint density at radius 1 is 1.19 bits per heavy atom. The zero-order chi connectivity index (χ0) is 19.7. The van der Waals surface area contributed by atoms with Crippen molar-refractivity contribution in [1.29, 1.82) is 0 Å². The Kier molecular flexibility index (Phi) is 7.39. The van der Waals surface area contributed by atoms with Gasteiger partial charge in [0, 0.05) is 26.6 Å². The molecule has 2 aromatic rings. The summed E-state index contributed by atoms with van der Waals surface area (Å²) in [4.78, 5) is 4.12. The highest BCUT2D eigenvalue weighted by Crippen LogP contribution is 2.29. The van der Waals surface area contributed by atoms with Gasteiger partial charge in [0.1, 0.15) is 5.76 Å². The number of ether oxygens (including phenoxy) is 2. The number of benzene rings is 1. The first-order chi connectivity index (χ1) is 12.9. The molecular formula is C18H22F3N3O3. The van der Waals surface area contributed by atoms with Gasteiger partial charge in [0.15, 0.2) is 24.1 Å². The van der Waals surface area contributed by atoms with Crippen LogP contribution in [0.25, 0.3) is 0 Å². The van der Waals surface area contributed by atoms with Crippen LogP contribution in [0, 0.1) is 0 Å². The Labute approximate surface area is 155 Å². The summed E-state index contributed by atoms with van der Waals surface area (Å²) >= 11 is 0. The molecule has 0 unspecified atom stereocenters. The van der Waals surface area contributed by atoms with Crippen molar-refractivity contribution in [3.63, 3.8) is 0 Å². The minimum absolute atomic E-state index is 0.0412. The smallest absolute Gasteiger partial charge is 0.422 e. The number of furan rings is 1. The number of halogens is 3. The van der Waals surface area contributed by atoms with E-state index in [1.807, 2.05) is 12.1 Å². The topological polar surface area (TPSA) is 68.0 Å². The van der Waals surface area contributed by atoms with Crippen LogP contribution in [-0.2, 0) is 13.0 Å². The fourth-order valence-electron chi connectivity index (χ4n) is 2.27. The maximum Gasteiger partial charge on any atom is 0.422 e. The highest BCUT2D eigenvalue weighted by atomic mass is 19.4. The minimum atomic E-state index is -4.40. The van der Waals surface area contributed by atoms with Crippen molar-refractivity contribution in [2.75, 3.05) is 27.3 Å². The summed E-state index contributed by atoms with van der Waals surface area (Å²) in [5.74, 6) is 1.74. The molecule has 0 saturated carbocycles. The molecule has 148 valence electrons. The van der Waals surface area contributed by atoms with Gasteiger partial charge in [-0.25, -0.2) is 0 Å². The van der Waals surface area contributed by atoms with Gasteiger partial charge >= 0.3 is 6.18 Å². The van der Waals surface area contributed by atoms with Crippen molar-refractivity contribution in [3.8, 4) is 11.5 Å². The second-order valence-electron chi connectivity index (χ2n) is 5.57. The third kappa shape index (κ3) is 7.12. The van der Waals surface area contributed by atoms with Crippen molar-refractivity contribution in [1.82, 2.24) is 10.6 Å². The van der Waals surface area contributed by atoms with Crippen molar-refractivity contribution in [2.24, 2.45) is 4.99 Å². The van der Waals surface area contributed by atoms with E-state index in [1.165, 1.54) is 13.2 Å². The number of aliphatic imine (C=N–C) groups is 1. The molecule has 1 aromatic carbocycles. The standard InChI is InChI=1S/C18H22F3N3O3/c1-22-17(23-8-7-14-4-3-9-26-14)24-11-13-5-6-15(16(10-13)25-2)27-12-18(19,20)21/h3-6,9-10H,7-8,11-12H2,1-2H3,(H2,22,23,24). The summed E-state index contributed by atoms with van der Waals surface area (Å²) in [7, 11) is 3.03. The van der Waals surface area contributed by atoms with Gasteiger partial charge in [0.2, 0.25) is 0 Å². The van der Waals surface area contributed by atoms with Crippen molar-refractivity contribution in [2.45, 2.75) is 19.1 Å². The second-order valence-corrected chi connectivity index (χ2v) is 5.57. The minimum Gasteiger partial charge on any atom is -0.493 e. The number of methoxy groups -OCH3 is 1. The summed E-state index contributed by atoms with van der Waals surface area (Å²) in [6.45, 7) is -0.315. The molecule has 2 rings (SSSR count). The van der Waals surface area contributed by atoms with Crippen molar-refractivity contribution >= 4 is 5.96 Å². The molecule has 0 saturated heterocycles. The van der Waals surface area contributed by atoms with E-state index in [0.717, 1.165) is 11.3 Å². The van der Waals surface area contributed by atoms with E-state index in [-0.39, 0.29) is 11.5 Å². The van der Waals surface area contributed by atoms with Crippen LogP contribution in [0.2, 0.25) is 0 Å². The van der Waals surface area contributed by atoms with Crippen LogP contribution in [0.4, 0.5) is 13.2 Å². The van der Waals surface area contributed by atoms with Gasteiger partial charge in [-0.3, -0.25) is 4.99 Å². The molecule has 0 fully saturated rings. The van der Waals surface area contributed by atoms with Gasteiger partial charge in [-0.05, 0) is 29.8 Å². The molecular weight excluding hydrogens is 363 g/mol. The predicted octanol–water partition coefficient (Wildman–Crippen LogP) is 3.14. The molecule has 0 atom stereocenters. The van der Waals surface area contributed by atoms with E-state index in [4.69, 9.17) is 13.9 Å². The molecule has 6 nitrogen and oxygen atoms in total. The zero-order valence-corrected chi connectivity index (χ0v) is 15.1. The van der Waals surface area contributed by atoms with Gasteiger partial charge in [-0.15, -0.1) is 0 Å². The molecule has 0 aliphatic rings. The number of hydrogen-bond acceptors (Lipinski definition) is 4. The van der Waals surface area contributed by atoms with Crippen molar-refractivity contribution in [3.05, 3.63) is 47.9 Å². The van der Waals surface area contributed by atoms with Crippen molar-refractivity contribution < 1.29 is 27.1 Å². The Hall–Kier alpha value is -2.84. The maximum absolute atomic E-state index is 12.3. The van der Waals surface area contributed by atoms with Gasteiger partial charge in [0.25, 0.3) is 0 Å². The monoisotopic (exact) mass is 385 g/mol. The lowest BCUT2D eigenvalue weighted by Gasteiger charge is -2.15. The third-order valence-corrected chi connectivity index (χ3v) is 3.55. The van der Waals surface area contributed by atoms with Crippen LogP contribution in [0.5, 0.6) is 11.5 Å². The summed E-state index contributed by atoms with van der Waals surface area (Å²) in [5.41, 5.74) is 0.806. The molecule has 0 amide bonds. The summed E-state index contributed by atoms with van der Waals surface area (Å²) in [5, 5.41) is 6.28. The normalized spacial score (nSPS) is 12.0. The van der Waals surface area contributed by atoms with Crippen LogP contribution < -0.4 is 20.1 Å². The molecule has 0 bridgehead atoms. The first-order valence-electron chi connectivity index (χ1n) is 8.24. The average molecular weight is 385 g/mol. The number of nitrogens with zero attached hydrogens (tertiary/aromatic N) is 1. The van der Waals surface area contributed by atoms with Crippen LogP contribution in [0.15, 0.2) is 46.0 Å². The SMILES string of the molecule is CN=C(NCCc1ccco1)NCc1ccc(OCC(F)(F)F)c(OC)c1. The Balaban J connectivity index is 1.86. The van der Waals surface area contributed by atoms with E-state index in [9.17, 15) is 13.2 Å². The second kappa shape index (κ2) is 9.75. The summed E-state index contributed by atoms with van der Waals surface area (Å²) in [6, 6.07) is 8.46. The number of nitrogens with one attached hydrogen (secondary N) is 2. The maximum atomic E-state index is 12.3. The highest BCUT2D eigenvalue weighted by molar-refractivity contribution is 5.79. The highest BCUT2D eigenvalue weighted by Gasteiger charge is 2.29. The van der Waals surface area contributed by atoms with Crippen LogP contribution in [0.3, 0.4) is 0 Å². The molecule has 2 N–H and O–H groups in total. The van der Waals surface area contributed by atoms with Crippen LogP contribution >= 0.6 is 0 Å². The van der Waals surface area contributed by atoms with Gasteiger partial charge in [0.05, 0.1) is 13.4 Å². The Morgan fingerprint density at radius 3 is 2.63 bits per heavy atom. The summed E-state index contributed by atoms with van der Waals surface area (Å²) < 4.78 is 52.0. The first kappa shape index (κ1) is 20.5. The van der Waals surface area contributed by atoms with Crippen LogP contribution in [0.1, 0.15) is 11.3 Å². The Bertz CT molecular complexity index is 731. The molecule has 9 heteroatoms. The number of guanidine groups is 1. The van der Waals surface area contributed by atoms with E-state index in [0.29, 0.717) is 25.5 Å². The van der Waals surface area contributed by atoms with E-state index >= 15 is 0 Å².